The summed E-state index contributed by atoms with van der Waals surface area (Å²) in [5.41, 5.74) is 0.539. The van der Waals surface area contributed by atoms with Crippen molar-refractivity contribution >= 4 is 17.6 Å². The quantitative estimate of drug-likeness (QED) is 0.801. The normalized spacial score (nSPS) is 13.5. The van der Waals surface area contributed by atoms with Crippen molar-refractivity contribution in [1.82, 2.24) is 0 Å². The standard InChI is InChI=1S/C12H12ClNO4/c1-18-11(16)5-10(15)12(17)8-2-7(6-14)3-9(13)4-8/h2-4,10,12,15,17H,5H2,1H3. The predicted molar refractivity (Wildman–Crippen MR) is 63.8 cm³/mol. The number of esters is 1. The number of hydrogen-bond donors (Lipinski definition) is 2. The van der Waals surface area contributed by atoms with Crippen molar-refractivity contribution in [2.45, 2.75) is 18.6 Å². The number of nitriles is 1. The Morgan fingerprint density at radius 2 is 2.17 bits per heavy atom. The summed E-state index contributed by atoms with van der Waals surface area (Å²) in [6, 6.07) is 6.14. The molecule has 18 heavy (non-hydrogen) atoms. The Balaban J connectivity index is 2.89. The maximum atomic E-state index is 11.0. The van der Waals surface area contributed by atoms with Crippen molar-refractivity contribution in [3.63, 3.8) is 0 Å². The molecule has 6 heteroatoms. The summed E-state index contributed by atoms with van der Waals surface area (Å²) in [6.07, 6.45) is -2.97. The van der Waals surface area contributed by atoms with Crippen molar-refractivity contribution in [2.75, 3.05) is 7.11 Å². The highest BCUT2D eigenvalue weighted by Gasteiger charge is 2.22. The monoisotopic (exact) mass is 269 g/mol. The Morgan fingerprint density at radius 1 is 1.50 bits per heavy atom. The molecule has 0 aromatic heterocycles. The van der Waals surface area contributed by atoms with Gasteiger partial charge in [-0.15, -0.1) is 0 Å². The van der Waals surface area contributed by atoms with Crippen LogP contribution in [0.25, 0.3) is 0 Å². The maximum Gasteiger partial charge on any atom is 0.308 e. The highest BCUT2D eigenvalue weighted by molar-refractivity contribution is 6.30. The summed E-state index contributed by atoms with van der Waals surface area (Å²) in [6.45, 7) is 0. The molecular formula is C12H12ClNO4. The van der Waals surface area contributed by atoms with Gasteiger partial charge >= 0.3 is 5.97 Å². The van der Waals surface area contributed by atoms with E-state index in [1.54, 1.807) is 0 Å². The van der Waals surface area contributed by atoms with Crippen LogP contribution in [0, 0.1) is 11.3 Å². The molecule has 5 nitrogen and oxygen atoms in total. The molecule has 1 rings (SSSR count). The van der Waals surface area contributed by atoms with Gasteiger partial charge < -0.3 is 14.9 Å². The van der Waals surface area contributed by atoms with Gasteiger partial charge in [-0.2, -0.15) is 5.26 Å². The Kier molecular flexibility index (Phi) is 5.10. The van der Waals surface area contributed by atoms with E-state index in [0.29, 0.717) is 0 Å². The predicted octanol–water partition coefficient (Wildman–Crippen LogP) is 1.17. The molecule has 0 bridgehead atoms. The molecule has 0 radical (unpaired) electrons. The van der Waals surface area contributed by atoms with Crippen molar-refractivity contribution in [1.29, 1.82) is 5.26 Å². The third kappa shape index (κ3) is 3.70. The Labute approximate surface area is 109 Å². The molecule has 0 saturated carbocycles. The third-order valence-electron chi connectivity index (χ3n) is 2.36. The van der Waals surface area contributed by atoms with Gasteiger partial charge in [0.15, 0.2) is 0 Å². The number of nitrogens with zero attached hydrogens (tertiary/aromatic N) is 1. The first-order chi connectivity index (χ1) is 8.47. The SMILES string of the molecule is COC(=O)CC(O)C(O)c1cc(Cl)cc(C#N)c1. The molecule has 0 aliphatic heterocycles. The molecule has 2 N–H and O–H groups in total. The highest BCUT2D eigenvalue weighted by Crippen LogP contribution is 2.24. The van der Waals surface area contributed by atoms with E-state index in [0.717, 1.165) is 0 Å². The van der Waals surface area contributed by atoms with Crippen LogP contribution in [0.5, 0.6) is 0 Å². The minimum absolute atomic E-state index is 0.266. The molecule has 1 aromatic rings. The molecule has 2 unspecified atom stereocenters. The van der Waals surface area contributed by atoms with E-state index in [2.05, 4.69) is 4.74 Å². The van der Waals surface area contributed by atoms with Gasteiger partial charge in [0.25, 0.3) is 0 Å². The molecule has 0 saturated heterocycles. The fourth-order valence-corrected chi connectivity index (χ4v) is 1.68. The first kappa shape index (κ1) is 14.5. The number of benzene rings is 1. The summed E-state index contributed by atoms with van der Waals surface area (Å²) in [7, 11) is 1.19. The van der Waals surface area contributed by atoms with E-state index < -0.39 is 18.2 Å². The van der Waals surface area contributed by atoms with Crippen LogP contribution in [-0.4, -0.2) is 29.4 Å². The van der Waals surface area contributed by atoms with Crippen LogP contribution in [0.1, 0.15) is 23.7 Å². The van der Waals surface area contributed by atoms with Crippen LogP contribution in [0.15, 0.2) is 18.2 Å². The number of carbonyl (C=O) groups is 1. The first-order valence-electron chi connectivity index (χ1n) is 5.11. The van der Waals surface area contributed by atoms with E-state index in [9.17, 15) is 15.0 Å². The topological polar surface area (TPSA) is 90.6 Å². The number of methoxy groups -OCH3 is 1. The average molecular weight is 270 g/mol. The fraction of sp³-hybridized carbons (Fsp3) is 0.333. The van der Waals surface area contributed by atoms with Gasteiger partial charge in [0, 0.05) is 5.02 Å². The molecule has 1 aromatic carbocycles. The second-order valence-corrected chi connectivity index (χ2v) is 4.11. The lowest BCUT2D eigenvalue weighted by Crippen LogP contribution is -2.22. The van der Waals surface area contributed by atoms with Crippen LogP contribution in [0.4, 0.5) is 0 Å². The number of halogens is 1. The number of carbonyl (C=O) groups excluding carboxylic acids is 1. The zero-order valence-electron chi connectivity index (χ0n) is 9.63. The summed E-state index contributed by atoms with van der Waals surface area (Å²) in [5, 5.41) is 28.5. The minimum atomic E-state index is -1.32. The van der Waals surface area contributed by atoms with Gasteiger partial charge in [-0.3, -0.25) is 4.79 Å². The molecule has 0 fully saturated rings. The third-order valence-corrected chi connectivity index (χ3v) is 2.58. The molecule has 0 amide bonds. The largest absolute Gasteiger partial charge is 0.469 e. The number of hydrogen-bond acceptors (Lipinski definition) is 5. The van der Waals surface area contributed by atoms with Crippen LogP contribution >= 0.6 is 11.6 Å². The number of ether oxygens (including phenoxy) is 1. The van der Waals surface area contributed by atoms with Crippen molar-refractivity contribution in [2.24, 2.45) is 0 Å². The lowest BCUT2D eigenvalue weighted by atomic mass is 10.0. The zero-order valence-corrected chi connectivity index (χ0v) is 10.4. The molecule has 0 aliphatic carbocycles. The second kappa shape index (κ2) is 6.36. The second-order valence-electron chi connectivity index (χ2n) is 3.68. The Bertz CT molecular complexity index is 483. The smallest absolute Gasteiger partial charge is 0.308 e. The lowest BCUT2D eigenvalue weighted by Gasteiger charge is -2.17. The van der Waals surface area contributed by atoms with E-state index in [1.165, 1.54) is 25.3 Å². The summed E-state index contributed by atoms with van der Waals surface area (Å²) in [4.78, 5) is 11.0. The van der Waals surface area contributed by atoms with Gasteiger partial charge in [0.2, 0.25) is 0 Å². The van der Waals surface area contributed by atoms with E-state index in [4.69, 9.17) is 16.9 Å². The van der Waals surface area contributed by atoms with Crippen molar-refractivity contribution < 1.29 is 19.7 Å². The van der Waals surface area contributed by atoms with Crippen LogP contribution < -0.4 is 0 Å². The van der Waals surface area contributed by atoms with Crippen LogP contribution in [-0.2, 0) is 9.53 Å². The molecule has 0 spiro atoms. The number of rotatable bonds is 4. The molecule has 2 atom stereocenters. The van der Waals surface area contributed by atoms with E-state index >= 15 is 0 Å². The van der Waals surface area contributed by atoms with E-state index in [-0.39, 0.29) is 22.6 Å². The molecular weight excluding hydrogens is 258 g/mol. The number of aliphatic hydroxyl groups is 2. The van der Waals surface area contributed by atoms with Gasteiger partial charge in [-0.1, -0.05) is 11.6 Å². The summed E-state index contributed by atoms with van der Waals surface area (Å²) < 4.78 is 4.39. The molecule has 96 valence electrons. The van der Waals surface area contributed by atoms with Crippen LogP contribution in [0.3, 0.4) is 0 Å². The zero-order chi connectivity index (χ0) is 13.7. The summed E-state index contributed by atoms with van der Waals surface area (Å²) in [5.74, 6) is -0.635. The molecule has 0 aliphatic rings. The van der Waals surface area contributed by atoms with Crippen LogP contribution in [0.2, 0.25) is 5.02 Å². The van der Waals surface area contributed by atoms with Gasteiger partial charge in [0.05, 0.1) is 31.3 Å². The number of aliphatic hydroxyl groups excluding tert-OH is 2. The van der Waals surface area contributed by atoms with Gasteiger partial charge in [-0.05, 0) is 23.8 Å². The van der Waals surface area contributed by atoms with Gasteiger partial charge in [-0.25, -0.2) is 0 Å². The Hall–Kier alpha value is -1.61. The van der Waals surface area contributed by atoms with Gasteiger partial charge in [0.1, 0.15) is 6.10 Å². The fourth-order valence-electron chi connectivity index (χ4n) is 1.44. The van der Waals surface area contributed by atoms with E-state index in [1.807, 2.05) is 6.07 Å². The Morgan fingerprint density at radius 3 is 2.72 bits per heavy atom. The maximum absolute atomic E-state index is 11.0. The van der Waals surface area contributed by atoms with Crippen molar-refractivity contribution in [3.05, 3.63) is 34.3 Å². The average Bonchev–Trinajstić information content (AvgIpc) is 2.36. The molecule has 0 heterocycles. The first-order valence-corrected chi connectivity index (χ1v) is 5.49. The highest BCUT2D eigenvalue weighted by atomic mass is 35.5. The van der Waals surface area contributed by atoms with Crippen molar-refractivity contribution in [3.8, 4) is 6.07 Å². The lowest BCUT2D eigenvalue weighted by molar-refractivity contribution is -0.144. The summed E-state index contributed by atoms with van der Waals surface area (Å²) >= 11 is 5.78. The minimum Gasteiger partial charge on any atom is -0.469 e.